The molecule has 30 heavy (non-hydrogen) atoms. The van der Waals surface area contributed by atoms with Crippen LogP contribution in [-0.4, -0.2) is 32.1 Å². The molecule has 9 nitrogen and oxygen atoms in total. The number of anilines is 1. The van der Waals surface area contributed by atoms with Crippen LogP contribution < -0.4 is 15.4 Å². The summed E-state index contributed by atoms with van der Waals surface area (Å²) >= 11 is 0. The Balaban J connectivity index is 1.46. The summed E-state index contributed by atoms with van der Waals surface area (Å²) in [6, 6.07) is 4.11. The summed E-state index contributed by atoms with van der Waals surface area (Å²) in [4.78, 5) is 21.7. The Morgan fingerprint density at radius 3 is 2.97 bits per heavy atom. The predicted octanol–water partition coefficient (Wildman–Crippen LogP) is 2.52. The molecular weight excluding hydrogens is 391 g/mol. The molecule has 154 valence electrons. The molecule has 3 aromatic rings. The molecule has 0 saturated heterocycles. The average Bonchev–Trinajstić information content (AvgIpc) is 3.36. The number of esters is 1. The van der Waals surface area contributed by atoms with Crippen LogP contribution in [0, 0.1) is 5.82 Å². The fraction of sp³-hybridized carbons (Fsp3) is 0.300. The molecule has 10 heteroatoms. The van der Waals surface area contributed by atoms with Crippen LogP contribution >= 0.6 is 0 Å². The van der Waals surface area contributed by atoms with Crippen LogP contribution in [-0.2, 0) is 16.1 Å². The summed E-state index contributed by atoms with van der Waals surface area (Å²) in [6.45, 7) is 5.58. The Morgan fingerprint density at radius 1 is 1.37 bits per heavy atom. The van der Waals surface area contributed by atoms with Crippen molar-refractivity contribution < 1.29 is 18.8 Å². The summed E-state index contributed by atoms with van der Waals surface area (Å²) in [5.74, 6) is 0.712. The molecule has 2 aliphatic heterocycles. The molecule has 1 aromatic carbocycles. The smallest absolute Gasteiger partial charge is 0.315 e. The molecule has 0 saturated carbocycles. The van der Waals surface area contributed by atoms with E-state index in [0.717, 1.165) is 0 Å². The Bertz CT molecular complexity index is 1220. The molecular formula is C20H19FN6O3. The minimum atomic E-state index is -0.608. The van der Waals surface area contributed by atoms with Crippen LogP contribution in [0.5, 0.6) is 5.75 Å². The van der Waals surface area contributed by atoms with Crippen molar-refractivity contribution >= 4 is 23.3 Å². The van der Waals surface area contributed by atoms with Gasteiger partial charge >= 0.3 is 5.97 Å². The van der Waals surface area contributed by atoms with E-state index < -0.39 is 11.5 Å². The Kier molecular flexibility index (Phi) is 3.92. The molecule has 0 unspecified atom stereocenters. The van der Waals surface area contributed by atoms with Crippen LogP contribution in [0.25, 0.3) is 5.65 Å². The van der Waals surface area contributed by atoms with Gasteiger partial charge in [0.15, 0.2) is 11.5 Å². The molecule has 4 heterocycles. The van der Waals surface area contributed by atoms with Crippen molar-refractivity contribution in [1.29, 1.82) is 0 Å². The first kappa shape index (κ1) is 18.3. The number of rotatable bonds is 4. The first-order valence-electron chi connectivity index (χ1n) is 9.48. The second-order valence-corrected chi connectivity index (χ2v) is 7.81. The van der Waals surface area contributed by atoms with Crippen molar-refractivity contribution in [2.45, 2.75) is 39.0 Å². The van der Waals surface area contributed by atoms with Gasteiger partial charge in [0.1, 0.15) is 17.4 Å². The van der Waals surface area contributed by atoms with Crippen molar-refractivity contribution in [3.63, 3.8) is 0 Å². The number of fused-ring (bicyclic) bond motifs is 2. The average molecular weight is 410 g/mol. The van der Waals surface area contributed by atoms with Gasteiger partial charge in [0.25, 0.3) is 0 Å². The highest BCUT2D eigenvalue weighted by Crippen LogP contribution is 2.36. The third-order valence-electron chi connectivity index (χ3n) is 4.95. The number of nitrogens with one attached hydrogen (secondary N) is 2. The zero-order chi connectivity index (χ0) is 21.0. The van der Waals surface area contributed by atoms with Crippen molar-refractivity contribution in [2.24, 2.45) is 5.16 Å². The van der Waals surface area contributed by atoms with Gasteiger partial charge in [-0.2, -0.15) is 5.10 Å². The van der Waals surface area contributed by atoms with E-state index in [1.807, 2.05) is 20.8 Å². The molecule has 0 radical (unpaired) electrons. The molecule has 0 aliphatic carbocycles. The van der Waals surface area contributed by atoms with Gasteiger partial charge in [0.05, 0.1) is 24.2 Å². The number of carbonyl (C=O) groups is 1. The van der Waals surface area contributed by atoms with Gasteiger partial charge in [0.2, 0.25) is 5.72 Å². The van der Waals surface area contributed by atoms with Crippen molar-refractivity contribution in [1.82, 2.24) is 19.9 Å². The second kappa shape index (κ2) is 6.41. The number of ether oxygens (including phenoxy) is 1. The number of nitrogens with zero attached hydrogens (tertiary/aromatic N) is 4. The van der Waals surface area contributed by atoms with Crippen molar-refractivity contribution in [2.75, 3.05) is 5.32 Å². The summed E-state index contributed by atoms with van der Waals surface area (Å²) < 4.78 is 21.0. The normalized spacial score (nSPS) is 17.7. The van der Waals surface area contributed by atoms with Crippen LogP contribution in [0.2, 0.25) is 0 Å². The van der Waals surface area contributed by atoms with Gasteiger partial charge < -0.3 is 20.2 Å². The molecule has 0 spiro atoms. The quantitative estimate of drug-likeness (QED) is 0.503. The lowest BCUT2D eigenvalue weighted by atomic mass is 10.0. The lowest BCUT2D eigenvalue weighted by molar-refractivity contribution is -0.131. The SMILES string of the molecule is C[C@@H](Nc1ccn2ncc(C3=NOC(C)(C)N3)c2n1)c1cc(F)cc2c1OC(=O)C2. The van der Waals surface area contributed by atoms with E-state index in [4.69, 9.17) is 9.57 Å². The third kappa shape index (κ3) is 3.10. The second-order valence-electron chi connectivity index (χ2n) is 7.81. The molecule has 2 aliphatic rings. The zero-order valence-corrected chi connectivity index (χ0v) is 16.6. The maximum absolute atomic E-state index is 14.0. The van der Waals surface area contributed by atoms with Gasteiger partial charge in [-0.05, 0) is 39.0 Å². The summed E-state index contributed by atoms with van der Waals surface area (Å²) in [6.07, 6.45) is 3.49. The highest BCUT2D eigenvalue weighted by atomic mass is 19.1. The minimum Gasteiger partial charge on any atom is -0.426 e. The van der Waals surface area contributed by atoms with Crippen LogP contribution in [0.1, 0.15) is 43.5 Å². The number of oxime groups is 1. The third-order valence-corrected chi connectivity index (χ3v) is 4.95. The first-order valence-corrected chi connectivity index (χ1v) is 9.48. The van der Waals surface area contributed by atoms with E-state index in [2.05, 4.69) is 25.9 Å². The highest BCUT2D eigenvalue weighted by Gasteiger charge is 2.30. The monoisotopic (exact) mass is 410 g/mol. The number of hydrogen-bond acceptors (Lipinski definition) is 8. The maximum Gasteiger partial charge on any atom is 0.315 e. The number of halogens is 1. The maximum atomic E-state index is 14.0. The fourth-order valence-electron chi connectivity index (χ4n) is 3.58. The van der Waals surface area contributed by atoms with E-state index >= 15 is 0 Å². The number of amidine groups is 1. The molecule has 5 rings (SSSR count). The lowest BCUT2D eigenvalue weighted by Gasteiger charge is -2.18. The Labute approximate surface area is 170 Å². The summed E-state index contributed by atoms with van der Waals surface area (Å²) in [5.41, 5.74) is 1.78. The van der Waals surface area contributed by atoms with Gasteiger partial charge in [-0.25, -0.2) is 13.9 Å². The van der Waals surface area contributed by atoms with Crippen molar-refractivity contribution in [3.8, 4) is 5.75 Å². The topological polar surface area (TPSA) is 102 Å². The predicted molar refractivity (Wildman–Crippen MR) is 106 cm³/mol. The molecule has 1 atom stereocenters. The van der Waals surface area contributed by atoms with E-state index in [-0.39, 0.29) is 18.4 Å². The molecule has 0 fully saturated rings. The lowest BCUT2D eigenvalue weighted by Crippen LogP contribution is -2.38. The van der Waals surface area contributed by atoms with E-state index in [1.165, 1.54) is 12.1 Å². The van der Waals surface area contributed by atoms with Crippen molar-refractivity contribution in [3.05, 3.63) is 53.1 Å². The van der Waals surface area contributed by atoms with Crippen LogP contribution in [0.15, 0.2) is 35.7 Å². The Hall–Kier alpha value is -3.69. The molecule has 0 bridgehead atoms. The van der Waals surface area contributed by atoms with Gasteiger partial charge in [-0.3, -0.25) is 4.79 Å². The van der Waals surface area contributed by atoms with Gasteiger partial charge in [0, 0.05) is 17.3 Å². The van der Waals surface area contributed by atoms with E-state index in [0.29, 0.717) is 39.7 Å². The number of benzene rings is 1. The molecule has 2 N–H and O–H groups in total. The minimum absolute atomic E-state index is 0.0732. The Morgan fingerprint density at radius 2 is 2.20 bits per heavy atom. The zero-order valence-electron chi connectivity index (χ0n) is 16.6. The van der Waals surface area contributed by atoms with Crippen LogP contribution in [0.3, 0.4) is 0 Å². The largest absolute Gasteiger partial charge is 0.426 e. The van der Waals surface area contributed by atoms with Crippen LogP contribution in [0.4, 0.5) is 10.2 Å². The van der Waals surface area contributed by atoms with Gasteiger partial charge in [-0.15, -0.1) is 0 Å². The summed E-state index contributed by atoms with van der Waals surface area (Å²) in [5, 5.41) is 14.8. The molecule has 2 aromatic heterocycles. The summed E-state index contributed by atoms with van der Waals surface area (Å²) in [7, 11) is 0. The molecule has 0 amide bonds. The number of aromatic nitrogens is 3. The highest BCUT2D eigenvalue weighted by molar-refractivity contribution is 6.04. The standard InChI is InChI=1S/C20H19FN6O3/c1-10(13-8-12(21)6-11-7-16(28)29-17(11)13)23-15-4-5-27-19(24-15)14(9-22-27)18-25-20(2,3)30-26-18/h4-6,8-10H,7H2,1-3H3,(H,23,24)(H,25,26)/t10-/m1/s1. The van der Waals surface area contributed by atoms with E-state index in [9.17, 15) is 9.18 Å². The van der Waals surface area contributed by atoms with Gasteiger partial charge in [-0.1, -0.05) is 5.16 Å². The first-order chi connectivity index (χ1) is 14.3. The number of hydrogen-bond donors (Lipinski definition) is 2. The fourth-order valence-corrected chi connectivity index (χ4v) is 3.58. The van der Waals surface area contributed by atoms with E-state index in [1.54, 1.807) is 23.0 Å². The number of carbonyl (C=O) groups excluding carboxylic acids is 1.